The van der Waals surface area contributed by atoms with E-state index in [1.165, 1.54) is 7.11 Å². The predicted molar refractivity (Wildman–Crippen MR) is 161 cm³/mol. The Bertz CT molecular complexity index is 1580. The highest BCUT2D eigenvalue weighted by Gasteiger charge is 2.35. The van der Waals surface area contributed by atoms with Crippen LogP contribution < -0.4 is 9.46 Å². The Morgan fingerprint density at radius 2 is 1.70 bits per heavy atom. The van der Waals surface area contributed by atoms with Gasteiger partial charge in [0, 0.05) is 32.3 Å². The van der Waals surface area contributed by atoms with E-state index >= 15 is 0 Å². The molecule has 0 amide bonds. The van der Waals surface area contributed by atoms with Crippen LogP contribution in [0, 0.1) is 3.57 Å². The first kappa shape index (κ1) is 30.1. The highest BCUT2D eigenvalue weighted by Crippen LogP contribution is 2.46. The maximum absolute atomic E-state index is 13.2. The summed E-state index contributed by atoms with van der Waals surface area (Å²) in [4.78, 5) is 30.0. The smallest absolute Gasteiger partial charge is 0.420 e. The molecule has 0 aliphatic heterocycles. The number of halogens is 1. The number of ether oxygens (including phenoxy) is 3. The van der Waals surface area contributed by atoms with Crippen LogP contribution in [0.5, 0.6) is 5.75 Å². The minimum absolute atomic E-state index is 0.170. The third-order valence-electron chi connectivity index (χ3n) is 5.85. The van der Waals surface area contributed by atoms with E-state index in [2.05, 4.69) is 32.3 Å². The Morgan fingerprint density at radius 1 is 1.05 bits per heavy atom. The van der Waals surface area contributed by atoms with Crippen molar-refractivity contribution < 1.29 is 32.2 Å². The molecule has 2 heterocycles. The number of nitrogens with zero attached hydrogens (tertiary/aromatic N) is 2. The molecule has 0 radical (unpaired) electrons. The molecule has 10 nitrogen and oxygen atoms in total. The molecule has 1 saturated carbocycles. The van der Waals surface area contributed by atoms with Gasteiger partial charge in [0.15, 0.2) is 11.4 Å². The molecule has 1 aliphatic carbocycles. The minimum Gasteiger partial charge on any atom is -0.495 e. The van der Waals surface area contributed by atoms with Gasteiger partial charge in [-0.15, -0.1) is 0 Å². The summed E-state index contributed by atoms with van der Waals surface area (Å²) < 4.78 is 46.7. The lowest BCUT2D eigenvalue weighted by Crippen LogP contribution is -2.30. The number of hydrogen-bond acceptors (Lipinski definition) is 8. The number of nitrogens with one attached hydrogen (secondary N) is 1. The minimum atomic E-state index is -4.08. The zero-order valence-electron chi connectivity index (χ0n) is 23.6. The van der Waals surface area contributed by atoms with Crippen LogP contribution in [-0.4, -0.2) is 54.1 Å². The molecule has 1 aliphatic rings. The van der Waals surface area contributed by atoms with Gasteiger partial charge in [-0.3, -0.25) is 9.52 Å². The molecule has 0 spiro atoms. The van der Waals surface area contributed by atoms with Gasteiger partial charge in [0.2, 0.25) is 10.0 Å². The largest absolute Gasteiger partial charge is 0.495 e. The normalized spacial score (nSPS) is 14.2. The van der Waals surface area contributed by atoms with Gasteiger partial charge in [0.25, 0.3) is 0 Å². The van der Waals surface area contributed by atoms with Crippen molar-refractivity contribution in [3.8, 4) is 16.9 Å². The monoisotopic (exact) mass is 683 g/mol. The van der Waals surface area contributed by atoms with Crippen molar-refractivity contribution in [2.24, 2.45) is 0 Å². The summed E-state index contributed by atoms with van der Waals surface area (Å²) in [6.07, 6.45) is 3.16. The third kappa shape index (κ3) is 7.06. The molecule has 1 aromatic carbocycles. The predicted octanol–water partition coefficient (Wildman–Crippen LogP) is 6.06. The van der Waals surface area contributed by atoms with Gasteiger partial charge >= 0.3 is 12.1 Å². The first-order valence-corrected chi connectivity index (χ1v) is 15.5. The van der Waals surface area contributed by atoms with Crippen LogP contribution in [0.2, 0.25) is 0 Å². The fourth-order valence-electron chi connectivity index (χ4n) is 4.21. The van der Waals surface area contributed by atoms with Crippen molar-refractivity contribution in [1.29, 1.82) is 0 Å². The summed E-state index contributed by atoms with van der Waals surface area (Å²) in [7, 11) is -2.66. The maximum atomic E-state index is 13.2. The van der Waals surface area contributed by atoms with Crippen molar-refractivity contribution in [2.75, 3.05) is 17.6 Å². The van der Waals surface area contributed by atoms with Crippen molar-refractivity contribution in [3.05, 3.63) is 39.7 Å². The van der Waals surface area contributed by atoms with E-state index < -0.39 is 39.0 Å². The van der Waals surface area contributed by atoms with Gasteiger partial charge in [-0.05, 0) is 101 Å². The Morgan fingerprint density at radius 3 is 2.27 bits per heavy atom. The molecule has 4 rings (SSSR count). The number of fused-ring (bicyclic) bond motifs is 1. The molecular weight excluding hydrogens is 649 g/mol. The number of sulfonamides is 1. The van der Waals surface area contributed by atoms with E-state index in [4.69, 9.17) is 14.2 Å². The molecule has 216 valence electrons. The number of benzene rings is 1. The number of methoxy groups -OCH3 is 1. The van der Waals surface area contributed by atoms with E-state index in [0.29, 0.717) is 16.8 Å². The van der Waals surface area contributed by atoms with Gasteiger partial charge in [-0.2, -0.15) is 0 Å². The summed E-state index contributed by atoms with van der Waals surface area (Å²) in [5.41, 5.74) is 1.49. The quantitative estimate of drug-likeness (QED) is 0.235. The third-order valence-corrected chi connectivity index (χ3v) is 8.13. The number of carbonyl (C=O) groups excluding carboxylic acids is 2. The van der Waals surface area contributed by atoms with Crippen LogP contribution in [-0.2, 0) is 24.3 Å². The topological polar surface area (TPSA) is 126 Å². The number of hydrogen-bond donors (Lipinski definition) is 1. The molecule has 0 unspecified atom stereocenters. The fraction of sp³-hybridized carbons (Fsp3) is 0.464. The lowest BCUT2D eigenvalue weighted by atomic mass is 10.1. The Labute approximate surface area is 248 Å². The fourth-order valence-corrected chi connectivity index (χ4v) is 6.23. The lowest BCUT2D eigenvalue weighted by Gasteiger charge is -2.20. The lowest BCUT2D eigenvalue weighted by molar-refractivity contribution is -0.151. The number of carbonyl (C=O) groups is 2. The van der Waals surface area contributed by atoms with E-state index in [0.717, 1.165) is 27.5 Å². The Kier molecular flexibility index (Phi) is 8.16. The number of esters is 1. The second-order valence-electron chi connectivity index (χ2n) is 11.7. The molecule has 40 heavy (non-hydrogen) atoms. The van der Waals surface area contributed by atoms with Crippen molar-refractivity contribution in [2.45, 2.75) is 71.5 Å². The number of aromatic nitrogens is 2. The van der Waals surface area contributed by atoms with Gasteiger partial charge in [-0.1, -0.05) is 6.07 Å². The van der Waals surface area contributed by atoms with Crippen molar-refractivity contribution in [3.63, 3.8) is 0 Å². The zero-order valence-corrected chi connectivity index (χ0v) is 26.6. The van der Waals surface area contributed by atoms with Crippen molar-refractivity contribution >= 4 is 61.4 Å². The van der Waals surface area contributed by atoms with E-state index in [9.17, 15) is 18.0 Å². The van der Waals surface area contributed by atoms with Gasteiger partial charge in [-0.25, -0.2) is 22.8 Å². The average molecular weight is 684 g/mol. The SMILES string of the molecule is COc1ccc(-c2cnc3c(c2)c(I)c(C2CC2)n3C(=O)OC(C)(C)C)cc1NS(=O)(=O)CC(=O)OC(C)(C)C. The van der Waals surface area contributed by atoms with Crippen LogP contribution in [0.4, 0.5) is 10.5 Å². The molecule has 12 heteroatoms. The number of anilines is 1. The molecule has 3 aromatic rings. The van der Waals surface area contributed by atoms with Gasteiger partial charge < -0.3 is 14.2 Å². The molecular formula is C28H34IN3O7S. The maximum Gasteiger partial charge on any atom is 0.420 e. The molecule has 1 fully saturated rings. The average Bonchev–Trinajstić information content (AvgIpc) is 3.59. The van der Waals surface area contributed by atoms with Crippen LogP contribution >= 0.6 is 22.6 Å². The summed E-state index contributed by atoms with van der Waals surface area (Å²) in [6.45, 7) is 10.5. The molecule has 0 saturated heterocycles. The molecule has 0 bridgehead atoms. The standard InChI is InChI=1S/C28H34IN3O7S/c1-27(2,3)38-22(33)15-40(35,36)31-20-13-17(10-11-21(20)37-7)18-12-19-23(29)24(16-8-9-16)32(25(19)30-14-18)26(34)39-28(4,5)6/h10-14,16,31H,8-9,15H2,1-7H3. The summed E-state index contributed by atoms with van der Waals surface area (Å²) in [5, 5.41) is 0.800. The number of rotatable bonds is 7. The van der Waals surface area contributed by atoms with Gasteiger partial charge in [0.05, 0.1) is 12.8 Å². The first-order chi connectivity index (χ1) is 18.5. The zero-order chi connectivity index (χ0) is 29.6. The van der Waals surface area contributed by atoms with Crippen LogP contribution in [0.1, 0.15) is 66.0 Å². The van der Waals surface area contributed by atoms with E-state index in [1.54, 1.807) is 49.7 Å². The molecule has 1 N–H and O–H groups in total. The Balaban J connectivity index is 1.71. The van der Waals surface area contributed by atoms with Crippen LogP contribution in [0.3, 0.4) is 0 Å². The molecule has 0 atom stereocenters. The van der Waals surface area contributed by atoms with E-state index in [1.807, 2.05) is 26.8 Å². The summed E-state index contributed by atoms with van der Waals surface area (Å²) in [6, 6.07) is 6.97. The summed E-state index contributed by atoms with van der Waals surface area (Å²) >= 11 is 2.25. The van der Waals surface area contributed by atoms with Crippen molar-refractivity contribution in [1.82, 2.24) is 9.55 Å². The highest BCUT2D eigenvalue weighted by atomic mass is 127. The van der Waals surface area contributed by atoms with Crippen LogP contribution in [0.15, 0.2) is 30.5 Å². The molecule has 2 aromatic heterocycles. The second-order valence-corrected chi connectivity index (χ2v) is 14.5. The van der Waals surface area contributed by atoms with E-state index in [-0.39, 0.29) is 17.4 Å². The first-order valence-electron chi connectivity index (χ1n) is 12.8. The van der Waals surface area contributed by atoms with Gasteiger partial charge in [0.1, 0.15) is 17.0 Å². The Hall–Kier alpha value is -2.87. The van der Waals surface area contributed by atoms with Crippen LogP contribution in [0.25, 0.3) is 22.2 Å². The number of pyridine rings is 1. The second kappa shape index (κ2) is 10.8. The summed E-state index contributed by atoms with van der Waals surface area (Å²) in [5.74, 6) is -1.15. The highest BCUT2D eigenvalue weighted by molar-refractivity contribution is 14.1.